The third-order valence-corrected chi connectivity index (χ3v) is 7.20. The minimum Gasteiger partial charge on any atom is -0.490 e. The molecule has 1 atom stereocenters. The fourth-order valence-corrected chi connectivity index (χ4v) is 4.91. The predicted molar refractivity (Wildman–Crippen MR) is 155 cm³/mol. The molecule has 2 aromatic carbocycles. The molecule has 2 N–H and O–H groups in total. The topological polar surface area (TPSA) is 107 Å². The Labute approximate surface area is 245 Å². The van der Waals surface area contributed by atoms with Crippen molar-refractivity contribution >= 4 is 57.6 Å². The molecule has 0 saturated carbocycles. The van der Waals surface area contributed by atoms with Gasteiger partial charge in [0.2, 0.25) is 5.76 Å². The van der Waals surface area contributed by atoms with Crippen LogP contribution in [0.2, 0.25) is 10.0 Å². The average molecular weight is 612 g/mol. The van der Waals surface area contributed by atoms with Crippen molar-refractivity contribution < 1.29 is 33.3 Å². The molecule has 0 fully saturated rings. The largest absolute Gasteiger partial charge is 0.490 e. The highest BCUT2D eigenvalue weighted by molar-refractivity contribution is 7.14. The van der Waals surface area contributed by atoms with E-state index in [1.807, 2.05) is 0 Å². The molecule has 0 spiro atoms. The fraction of sp³-hybridized carbons (Fsp3) is 0.321. The van der Waals surface area contributed by atoms with Gasteiger partial charge in [0.15, 0.2) is 5.13 Å². The van der Waals surface area contributed by atoms with Gasteiger partial charge in [-0.25, -0.2) is 14.2 Å². The lowest BCUT2D eigenvalue weighted by Gasteiger charge is -2.18. The van der Waals surface area contributed by atoms with E-state index in [-0.39, 0.29) is 44.2 Å². The van der Waals surface area contributed by atoms with Crippen LogP contribution in [0.1, 0.15) is 47.9 Å². The van der Waals surface area contributed by atoms with E-state index in [1.165, 1.54) is 26.4 Å². The number of benzene rings is 2. The molecule has 12 heteroatoms. The Kier molecular flexibility index (Phi) is 11.5. The van der Waals surface area contributed by atoms with Crippen molar-refractivity contribution in [1.29, 1.82) is 0 Å². The highest BCUT2D eigenvalue weighted by Gasteiger charge is 2.21. The first-order chi connectivity index (χ1) is 19.0. The van der Waals surface area contributed by atoms with Crippen LogP contribution in [0.5, 0.6) is 0 Å². The van der Waals surface area contributed by atoms with Gasteiger partial charge in [-0.3, -0.25) is 10.1 Å². The fourth-order valence-electron chi connectivity index (χ4n) is 3.61. The van der Waals surface area contributed by atoms with Gasteiger partial charge in [0, 0.05) is 41.4 Å². The first kappa shape index (κ1) is 31.5. The maximum absolute atomic E-state index is 15.5. The van der Waals surface area contributed by atoms with Gasteiger partial charge < -0.3 is 19.3 Å². The molecule has 0 radical (unpaired) electrons. The second-order valence-corrected chi connectivity index (χ2v) is 10.7. The number of anilines is 1. The maximum Gasteiger partial charge on any atom is 0.371 e. The first-order valence-electron chi connectivity index (χ1n) is 12.2. The number of ether oxygens (including phenoxy) is 3. The summed E-state index contributed by atoms with van der Waals surface area (Å²) >= 11 is 13.6. The van der Waals surface area contributed by atoms with Crippen molar-refractivity contribution in [3.63, 3.8) is 0 Å². The first-order valence-corrected chi connectivity index (χ1v) is 13.8. The van der Waals surface area contributed by atoms with Crippen LogP contribution in [0.3, 0.4) is 0 Å². The molecule has 1 unspecified atom stereocenters. The number of halogens is 3. The SMILES string of the molecule is CO/C(=C\c1c(Cl)cc(C(=O)Nc2nc(-c3cccc(C(COCCC(C)C)OC)c3F)cs2)cc1Cl)C(=O)O. The number of amides is 1. The molecule has 214 valence electrons. The van der Waals surface area contributed by atoms with E-state index >= 15 is 4.39 Å². The lowest BCUT2D eigenvalue weighted by Crippen LogP contribution is -2.13. The summed E-state index contributed by atoms with van der Waals surface area (Å²) in [5.41, 5.74) is 1.25. The molecule has 0 bridgehead atoms. The Morgan fingerprint density at radius 3 is 2.50 bits per heavy atom. The molecule has 0 saturated heterocycles. The molecule has 3 rings (SSSR count). The van der Waals surface area contributed by atoms with E-state index in [1.54, 1.807) is 23.6 Å². The van der Waals surface area contributed by atoms with Gasteiger partial charge in [-0.15, -0.1) is 11.3 Å². The van der Waals surface area contributed by atoms with Crippen molar-refractivity contribution in [1.82, 2.24) is 4.98 Å². The molecular weight excluding hydrogens is 582 g/mol. The number of methoxy groups -OCH3 is 2. The average Bonchev–Trinajstić information content (AvgIpc) is 3.36. The lowest BCUT2D eigenvalue weighted by atomic mass is 10.0. The zero-order chi connectivity index (χ0) is 29.4. The molecule has 40 heavy (non-hydrogen) atoms. The van der Waals surface area contributed by atoms with Crippen LogP contribution in [-0.4, -0.2) is 49.4 Å². The number of thiazole rings is 1. The standard InChI is InChI=1S/C28H29Cl2FN2O6S/c1-15(2)8-9-39-13-24(38-4)18-7-5-6-17(25(18)31)22-14-40-28(32-22)33-26(34)16-10-20(29)19(21(30)11-16)12-23(37-3)27(35)36/h5-7,10-12,14-15,24H,8-9,13H2,1-4H3,(H,35,36)(H,32,33,34)/b23-12-. The van der Waals surface area contributed by atoms with Gasteiger partial charge in [0.05, 0.1) is 29.5 Å². The van der Waals surface area contributed by atoms with Crippen LogP contribution < -0.4 is 5.32 Å². The summed E-state index contributed by atoms with van der Waals surface area (Å²) in [5, 5.41) is 13.8. The summed E-state index contributed by atoms with van der Waals surface area (Å²) in [7, 11) is 2.70. The Hall–Kier alpha value is -3.02. The van der Waals surface area contributed by atoms with E-state index in [4.69, 9.17) is 42.5 Å². The molecule has 0 aliphatic rings. The van der Waals surface area contributed by atoms with E-state index < -0.39 is 23.8 Å². The van der Waals surface area contributed by atoms with Crippen molar-refractivity contribution in [2.45, 2.75) is 26.4 Å². The number of hydrogen-bond acceptors (Lipinski definition) is 7. The molecule has 0 aliphatic carbocycles. The van der Waals surface area contributed by atoms with Crippen LogP contribution in [0.25, 0.3) is 17.3 Å². The summed E-state index contributed by atoms with van der Waals surface area (Å²) in [6.07, 6.45) is 1.47. The Morgan fingerprint density at radius 2 is 1.90 bits per heavy atom. The summed E-state index contributed by atoms with van der Waals surface area (Å²) < 4.78 is 31.5. The van der Waals surface area contributed by atoms with Crippen LogP contribution in [0, 0.1) is 11.7 Å². The third-order valence-electron chi connectivity index (χ3n) is 5.82. The number of carbonyl (C=O) groups excluding carboxylic acids is 1. The molecule has 1 aromatic heterocycles. The van der Waals surface area contributed by atoms with Gasteiger partial charge in [0.25, 0.3) is 5.91 Å². The minimum absolute atomic E-state index is 0.0491. The number of hydrogen-bond donors (Lipinski definition) is 2. The van der Waals surface area contributed by atoms with Gasteiger partial charge in [0.1, 0.15) is 11.9 Å². The van der Waals surface area contributed by atoms with Crippen molar-refractivity contribution in [3.05, 3.63) is 74.0 Å². The lowest BCUT2D eigenvalue weighted by molar-refractivity contribution is -0.135. The number of rotatable bonds is 13. The number of nitrogens with one attached hydrogen (secondary N) is 1. The van der Waals surface area contributed by atoms with Gasteiger partial charge in [-0.2, -0.15) is 0 Å². The zero-order valence-electron chi connectivity index (χ0n) is 22.3. The summed E-state index contributed by atoms with van der Waals surface area (Å²) in [6, 6.07) is 7.64. The Balaban J connectivity index is 1.77. The third kappa shape index (κ3) is 8.02. The second kappa shape index (κ2) is 14.6. The molecular formula is C28H29Cl2FN2O6S. The molecule has 1 heterocycles. The van der Waals surface area contributed by atoms with E-state index in [9.17, 15) is 9.59 Å². The van der Waals surface area contributed by atoms with Crippen LogP contribution >= 0.6 is 34.5 Å². The van der Waals surface area contributed by atoms with Gasteiger partial charge in [-0.1, -0.05) is 49.2 Å². The molecule has 0 aliphatic heterocycles. The summed E-state index contributed by atoms with van der Waals surface area (Å²) in [6.45, 7) is 4.97. The number of aromatic nitrogens is 1. The molecule has 3 aromatic rings. The molecule has 1 amide bonds. The second-order valence-electron chi connectivity index (χ2n) is 9.05. The minimum atomic E-state index is -1.30. The van der Waals surface area contributed by atoms with E-state index in [0.717, 1.165) is 23.8 Å². The molecule has 8 nitrogen and oxygen atoms in total. The number of carbonyl (C=O) groups is 2. The normalized spacial score (nSPS) is 12.4. The number of carboxylic acids is 1. The zero-order valence-corrected chi connectivity index (χ0v) is 24.6. The van der Waals surface area contributed by atoms with Gasteiger partial charge in [-0.05, 0) is 36.6 Å². The Morgan fingerprint density at radius 1 is 1.20 bits per heavy atom. The summed E-state index contributed by atoms with van der Waals surface area (Å²) in [5.74, 6) is -2.21. The highest BCUT2D eigenvalue weighted by atomic mass is 35.5. The number of carboxylic acid groups (broad SMARTS) is 1. The Bertz CT molecular complexity index is 1370. The maximum atomic E-state index is 15.5. The van der Waals surface area contributed by atoms with Crippen molar-refractivity contribution in [2.75, 3.05) is 32.8 Å². The monoisotopic (exact) mass is 610 g/mol. The quantitative estimate of drug-likeness (QED) is 0.118. The van der Waals surface area contributed by atoms with Crippen LogP contribution in [0.15, 0.2) is 41.5 Å². The van der Waals surface area contributed by atoms with Crippen molar-refractivity contribution in [2.24, 2.45) is 5.92 Å². The highest BCUT2D eigenvalue weighted by Crippen LogP contribution is 2.33. The number of aliphatic carboxylic acids is 1. The van der Waals surface area contributed by atoms with Crippen LogP contribution in [-0.2, 0) is 19.0 Å². The van der Waals surface area contributed by atoms with E-state index in [2.05, 4.69) is 24.1 Å². The van der Waals surface area contributed by atoms with E-state index in [0.29, 0.717) is 23.8 Å². The smallest absolute Gasteiger partial charge is 0.371 e. The summed E-state index contributed by atoms with van der Waals surface area (Å²) in [4.78, 5) is 28.5. The van der Waals surface area contributed by atoms with Crippen molar-refractivity contribution in [3.8, 4) is 11.3 Å². The van der Waals surface area contributed by atoms with Crippen LogP contribution in [0.4, 0.5) is 9.52 Å². The predicted octanol–water partition coefficient (Wildman–Crippen LogP) is 7.33. The number of nitrogens with zero attached hydrogens (tertiary/aromatic N) is 1. The van der Waals surface area contributed by atoms with Gasteiger partial charge >= 0.3 is 5.97 Å².